The molecule has 1 aromatic carbocycles. The molecule has 0 bridgehead atoms. The van der Waals surface area contributed by atoms with Gasteiger partial charge >= 0.3 is 0 Å². The summed E-state index contributed by atoms with van der Waals surface area (Å²) in [6.45, 7) is 6.58. The Bertz CT molecular complexity index is 443. The highest BCUT2D eigenvalue weighted by Gasteiger charge is 2.16. The van der Waals surface area contributed by atoms with E-state index in [1.165, 1.54) is 0 Å². The molecule has 0 saturated carbocycles. The third-order valence-corrected chi connectivity index (χ3v) is 3.45. The minimum absolute atomic E-state index is 0.131. The summed E-state index contributed by atoms with van der Waals surface area (Å²) in [4.78, 5) is 16.6. The summed E-state index contributed by atoms with van der Waals surface area (Å²) >= 11 is 0. The number of hydrogen-bond acceptors (Lipinski definition) is 3. The molecule has 20 heavy (non-hydrogen) atoms. The lowest BCUT2D eigenvalue weighted by Gasteiger charge is -2.23. The Kier molecular flexibility index (Phi) is 6.52. The monoisotopic (exact) mass is 277 g/mol. The van der Waals surface area contributed by atoms with Crippen LogP contribution in [0.5, 0.6) is 0 Å². The topological polar surface area (TPSA) is 35.6 Å². The highest BCUT2D eigenvalue weighted by atomic mass is 16.2. The lowest BCUT2D eigenvalue weighted by molar-refractivity contribution is 0.0758. The van der Waals surface area contributed by atoms with Gasteiger partial charge in [0.1, 0.15) is 0 Å². The van der Waals surface area contributed by atoms with Crippen molar-refractivity contribution in [2.45, 2.75) is 20.3 Å². The van der Waals surface area contributed by atoms with Gasteiger partial charge in [-0.1, -0.05) is 0 Å². The summed E-state index contributed by atoms with van der Waals surface area (Å²) in [6.07, 6.45) is 1.00. The van der Waals surface area contributed by atoms with Crippen LogP contribution in [0.3, 0.4) is 0 Å². The van der Waals surface area contributed by atoms with Crippen molar-refractivity contribution in [2.24, 2.45) is 0 Å². The normalized spacial score (nSPS) is 10.7. The Morgan fingerprint density at radius 3 is 2.45 bits per heavy atom. The summed E-state index contributed by atoms with van der Waals surface area (Å²) in [6, 6.07) is 5.88. The first-order valence-electron chi connectivity index (χ1n) is 7.22. The van der Waals surface area contributed by atoms with Crippen LogP contribution in [0.1, 0.15) is 29.3 Å². The van der Waals surface area contributed by atoms with Crippen LogP contribution in [0.25, 0.3) is 0 Å². The van der Waals surface area contributed by atoms with E-state index in [1.54, 1.807) is 0 Å². The standard InChI is InChI=1S/C16H27N3O/c1-6-19(11-7-10-18(4)5)16(20)15-9-8-14(17-3)12-13(15)2/h8-9,12,17H,6-7,10-11H2,1-5H3. The Morgan fingerprint density at radius 2 is 1.95 bits per heavy atom. The molecule has 0 aliphatic heterocycles. The molecule has 1 N–H and O–H groups in total. The third-order valence-electron chi connectivity index (χ3n) is 3.45. The Labute approximate surface area is 122 Å². The molecule has 0 aliphatic carbocycles. The van der Waals surface area contributed by atoms with Crippen LogP contribution in [0.15, 0.2) is 18.2 Å². The van der Waals surface area contributed by atoms with Crippen molar-refractivity contribution in [1.82, 2.24) is 9.80 Å². The summed E-state index contributed by atoms with van der Waals surface area (Å²) in [5.74, 6) is 0.131. The van der Waals surface area contributed by atoms with Crippen molar-refractivity contribution < 1.29 is 4.79 Å². The van der Waals surface area contributed by atoms with Gasteiger partial charge in [0.15, 0.2) is 0 Å². The first-order valence-corrected chi connectivity index (χ1v) is 7.22. The van der Waals surface area contributed by atoms with Crippen LogP contribution in [0, 0.1) is 6.92 Å². The summed E-state index contributed by atoms with van der Waals surface area (Å²) in [5.41, 5.74) is 2.86. The van der Waals surface area contributed by atoms with Gasteiger partial charge in [-0.3, -0.25) is 4.79 Å². The maximum atomic E-state index is 12.6. The number of hydrogen-bond donors (Lipinski definition) is 1. The first-order chi connectivity index (χ1) is 9.49. The predicted octanol–water partition coefficient (Wildman–Crippen LogP) is 2.45. The van der Waals surface area contributed by atoms with Gasteiger partial charge in [-0.05, 0) is 64.7 Å². The van der Waals surface area contributed by atoms with Crippen LogP contribution in [0.2, 0.25) is 0 Å². The molecule has 0 radical (unpaired) electrons. The van der Waals surface area contributed by atoms with Gasteiger partial charge < -0.3 is 15.1 Å². The zero-order valence-electron chi connectivity index (χ0n) is 13.4. The molecule has 0 aromatic heterocycles. The molecule has 0 unspecified atom stereocenters. The van der Waals surface area contributed by atoms with Crippen LogP contribution in [-0.4, -0.2) is 56.5 Å². The average molecular weight is 277 g/mol. The maximum absolute atomic E-state index is 12.6. The minimum atomic E-state index is 0.131. The number of nitrogens with zero attached hydrogens (tertiary/aromatic N) is 2. The van der Waals surface area contributed by atoms with Crippen molar-refractivity contribution in [3.8, 4) is 0 Å². The minimum Gasteiger partial charge on any atom is -0.388 e. The zero-order chi connectivity index (χ0) is 15.1. The molecule has 112 valence electrons. The van der Waals surface area contributed by atoms with Gasteiger partial charge in [-0.2, -0.15) is 0 Å². The number of carbonyl (C=O) groups excluding carboxylic acids is 1. The molecule has 0 aliphatic rings. The quantitative estimate of drug-likeness (QED) is 0.831. The second kappa shape index (κ2) is 7.90. The second-order valence-electron chi connectivity index (χ2n) is 5.32. The fourth-order valence-corrected chi connectivity index (χ4v) is 2.21. The lowest BCUT2D eigenvalue weighted by Crippen LogP contribution is -2.33. The number of aryl methyl sites for hydroxylation is 1. The molecule has 0 fully saturated rings. The van der Waals surface area contributed by atoms with E-state index in [0.29, 0.717) is 0 Å². The smallest absolute Gasteiger partial charge is 0.254 e. The van der Waals surface area contributed by atoms with Gasteiger partial charge in [-0.15, -0.1) is 0 Å². The number of nitrogens with one attached hydrogen (secondary N) is 1. The van der Waals surface area contributed by atoms with Gasteiger partial charge in [0.25, 0.3) is 5.91 Å². The first kappa shape index (κ1) is 16.5. The van der Waals surface area contributed by atoms with Gasteiger partial charge in [0.05, 0.1) is 0 Å². The van der Waals surface area contributed by atoms with Crippen molar-refractivity contribution in [1.29, 1.82) is 0 Å². The average Bonchev–Trinajstić information content (AvgIpc) is 2.42. The van der Waals surface area contributed by atoms with Crippen LogP contribution < -0.4 is 5.32 Å². The van der Waals surface area contributed by atoms with Crippen LogP contribution >= 0.6 is 0 Å². The van der Waals surface area contributed by atoms with E-state index < -0.39 is 0 Å². The van der Waals surface area contributed by atoms with Crippen LogP contribution in [0.4, 0.5) is 5.69 Å². The molecule has 4 nitrogen and oxygen atoms in total. The molecule has 1 aromatic rings. The molecule has 0 atom stereocenters. The van der Waals surface area contributed by atoms with Gasteiger partial charge in [0, 0.05) is 31.4 Å². The molecular weight excluding hydrogens is 250 g/mol. The third kappa shape index (κ3) is 4.53. The summed E-state index contributed by atoms with van der Waals surface area (Å²) in [5, 5.41) is 3.09. The fraction of sp³-hybridized carbons (Fsp3) is 0.562. The van der Waals surface area contributed by atoms with E-state index in [-0.39, 0.29) is 5.91 Å². The Hall–Kier alpha value is -1.55. The molecular formula is C16H27N3O. The number of amides is 1. The van der Waals surface area contributed by atoms with Crippen molar-refractivity contribution in [3.63, 3.8) is 0 Å². The molecule has 1 rings (SSSR count). The molecule has 0 spiro atoms. The summed E-state index contributed by atoms with van der Waals surface area (Å²) < 4.78 is 0. The largest absolute Gasteiger partial charge is 0.388 e. The zero-order valence-corrected chi connectivity index (χ0v) is 13.4. The Morgan fingerprint density at radius 1 is 1.25 bits per heavy atom. The molecule has 0 heterocycles. The van der Waals surface area contributed by atoms with E-state index in [2.05, 4.69) is 24.3 Å². The van der Waals surface area contributed by atoms with E-state index in [9.17, 15) is 4.79 Å². The van der Waals surface area contributed by atoms with E-state index >= 15 is 0 Å². The number of carbonyl (C=O) groups is 1. The lowest BCUT2D eigenvalue weighted by atomic mass is 10.1. The summed E-state index contributed by atoms with van der Waals surface area (Å²) in [7, 11) is 5.99. The number of rotatable bonds is 7. The van der Waals surface area contributed by atoms with Gasteiger partial charge in [-0.25, -0.2) is 0 Å². The maximum Gasteiger partial charge on any atom is 0.254 e. The van der Waals surface area contributed by atoms with Crippen molar-refractivity contribution >= 4 is 11.6 Å². The van der Waals surface area contributed by atoms with Gasteiger partial charge in [0.2, 0.25) is 0 Å². The molecule has 1 amide bonds. The molecule has 0 saturated heterocycles. The van der Waals surface area contributed by atoms with Crippen molar-refractivity contribution in [3.05, 3.63) is 29.3 Å². The van der Waals surface area contributed by atoms with Crippen molar-refractivity contribution in [2.75, 3.05) is 46.1 Å². The van der Waals surface area contributed by atoms with E-state index in [0.717, 1.165) is 42.9 Å². The second-order valence-corrected chi connectivity index (χ2v) is 5.32. The predicted molar refractivity (Wildman–Crippen MR) is 85.5 cm³/mol. The van der Waals surface area contributed by atoms with E-state index in [1.807, 2.05) is 44.0 Å². The van der Waals surface area contributed by atoms with Crippen LogP contribution in [-0.2, 0) is 0 Å². The fourth-order valence-electron chi connectivity index (χ4n) is 2.21. The highest BCUT2D eigenvalue weighted by molar-refractivity contribution is 5.96. The number of benzene rings is 1. The Balaban J connectivity index is 2.75. The SMILES string of the molecule is CCN(CCCN(C)C)C(=O)c1ccc(NC)cc1C. The highest BCUT2D eigenvalue weighted by Crippen LogP contribution is 2.16. The molecule has 4 heteroatoms. The van der Waals surface area contributed by atoms with E-state index in [4.69, 9.17) is 0 Å². The number of anilines is 1.